The van der Waals surface area contributed by atoms with E-state index in [4.69, 9.17) is 0 Å². The highest BCUT2D eigenvalue weighted by atomic mass is 32.2. The summed E-state index contributed by atoms with van der Waals surface area (Å²) in [5.74, 6) is 0. The summed E-state index contributed by atoms with van der Waals surface area (Å²) in [7, 11) is -3.87. The van der Waals surface area contributed by atoms with Gasteiger partial charge in [0.1, 0.15) is 0 Å². The lowest BCUT2D eigenvalue weighted by Gasteiger charge is -2.24. The Morgan fingerprint density at radius 2 is 1.52 bits per heavy atom. The Balaban J connectivity index is 2.09. The van der Waals surface area contributed by atoms with E-state index >= 15 is 0 Å². The second-order valence-electron chi connectivity index (χ2n) is 8.29. The number of aromatic amines is 1. The molecule has 0 saturated heterocycles. The number of aryl methyl sites for hydroxylation is 5. The second-order valence-corrected chi connectivity index (χ2v) is 10.2. The number of aliphatic hydroxyl groups excluding tert-OH is 1. The van der Waals surface area contributed by atoms with Crippen LogP contribution in [0, 0.1) is 34.6 Å². The van der Waals surface area contributed by atoms with Crippen molar-refractivity contribution in [2.45, 2.75) is 52.5 Å². The Bertz CT molecular complexity index is 1270. The summed E-state index contributed by atoms with van der Waals surface area (Å²) in [5, 5.41) is 10.2. The fraction of sp³-hybridized carbons (Fsp3) is 0.375. The molecule has 0 aliphatic rings. The van der Waals surface area contributed by atoms with Gasteiger partial charge in [0.25, 0.3) is 5.56 Å². The molecular formula is C24H30N2O4S. The topological polar surface area (TPSA) is 90.5 Å². The van der Waals surface area contributed by atoms with E-state index in [9.17, 15) is 18.3 Å². The minimum Gasteiger partial charge on any atom is -0.396 e. The molecule has 0 amide bonds. The summed E-state index contributed by atoms with van der Waals surface area (Å²) in [5.41, 5.74) is 5.31. The van der Waals surface area contributed by atoms with Crippen LogP contribution < -0.4 is 5.56 Å². The number of hydrogen-bond acceptors (Lipinski definition) is 4. The van der Waals surface area contributed by atoms with Crippen LogP contribution in [0.15, 0.2) is 40.0 Å². The van der Waals surface area contributed by atoms with Crippen LogP contribution in [-0.2, 0) is 16.6 Å². The third-order valence-corrected chi connectivity index (χ3v) is 7.80. The number of nitrogens with zero attached hydrogens (tertiary/aromatic N) is 1. The van der Waals surface area contributed by atoms with Gasteiger partial charge in [-0.25, -0.2) is 8.42 Å². The molecule has 0 atom stereocenters. The maximum Gasteiger partial charge on any atom is 0.252 e. The maximum atomic E-state index is 13.6. The lowest BCUT2D eigenvalue weighted by molar-refractivity contribution is 0.267. The molecule has 166 valence electrons. The molecule has 7 heteroatoms. The average molecular weight is 443 g/mol. The highest BCUT2D eigenvalue weighted by Crippen LogP contribution is 2.27. The van der Waals surface area contributed by atoms with Gasteiger partial charge in [0, 0.05) is 30.8 Å². The Hall–Kier alpha value is -2.48. The van der Waals surface area contributed by atoms with E-state index < -0.39 is 10.0 Å². The summed E-state index contributed by atoms with van der Waals surface area (Å²) in [6, 6.07) is 9.37. The average Bonchev–Trinajstić information content (AvgIpc) is 2.65. The van der Waals surface area contributed by atoms with E-state index in [-0.39, 0.29) is 36.6 Å². The van der Waals surface area contributed by atoms with Crippen molar-refractivity contribution in [1.82, 2.24) is 9.29 Å². The Morgan fingerprint density at radius 1 is 0.903 bits per heavy atom. The van der Waals surface area contributed by atoms with Crippen molar-refractivity contribution in [1.29, 1.82) is 0 Å². The molecule has 0 aliphatic carbocycles. The summed E-state index contributed by atoms with van der Waals surface area (Å²) in [6.07, 6.45) is 0.285. The summed E-state index contributed by atoms with van der Waals surface area (Å²) in [6.45, 7) is 9.40. The Morgan fingerprint density at radius 3 is 2.13 bits per heavy atom. The maximum absolute atomic E-state index is 13.6. The lowest BCUT2D eigenvalue weighted by atomic mass is 10.0. The van der Waals surface area contributed by atoms with E-state index in [2.05, 4.69) is 4.98 Å². The number of sulfonamides is 1. The van der Waals surface area contributed by atoms with Crippen molar-refractivity contribution in [3.05, 3.63) is 74.1 Å². The quantitative estimate of drug-likeness (QED) is 0.584. The second kappa shape index (κ2) is 8.94. The van der Waals surface area contributed by atoms with Crippen molar-refractivity contribution in [3.63, 3.8) is 0 Å². The first-order valence-electron chi connectivity index (χ1n) is 10.4. The molecule has 1 heterocycles. The molecule has 0 bridgehead atoms. The SMILES string of the molecule is Cc1cc(C)c(S(=O)(=O)N(CCCO)Cc2cc3cc(C)c(C)cc3[nH]c2=O)c(C)c1. The van der Waals surface area contributed by atoms with Crippen LogP contribution in [0.4, 0.5) is 0 Å². The summed E-state index contributed by atoms with van der Waals surface area (Å²) in [4.78, 5) is 15.9. The van der Waals surface area contributed by atoms with Gasteiger partial charge >= 0.3 is 0 Å². The highest BCUT2D eigenvalue weighted by Gasteiger charge is 2.28. The molecule has 2 N–H and O–H groups in total. The van der Waals surface area contributed by atoms with Crippen molar-refractivity contribution in [2.75, 3.05) is 13.2 Å². The van der Waals surface area contributed by atoms with E-state index in [1.54, 1.807) is 19.9 Å². The van der Waals surface area contributed by atoms with Crippen LogP contribution in [0.2, 0.25) is 0 Å². The van der Waals surface area contributed by atoms with Gasteiger partial charge < -0.3 is 10.1 Å². The van der Waals surface area contributed by atoms with Gasteiger partial charge in [0.2, 0.25) is 10.0 Å². The zero-order valence-electron chi connectivity index (χ0n) is 18.7. The molecule has 0 fully saturated rings. The van der Waals surface area contributed by atoms with Crippen LogP contribution in [-0.4, -0.2) is 36.0 Å². The molecule has 1 aromatic heterocycles. The first kappa shape index (κ1) is 23.2. The van der Waals surface area contributed by atoms with E-state index in [0.29, 0.717) is 16.7 Å². The number of fused-ring (bicyclic) bond motifs is 1. The standard InChI is InChI=1S/C24H30N2O4S/c1-15-9-18(4)23(19(5)10-15)31(29,30)26(7-6-8-27)14-21-13-20-11-16(2)17(3)12-22(20)25-24(21)28/h9-13,27H,6-8,14H2,1-5H3,(H,25,28). The molecular weight excluding hydrogens is 412 g/mol. The molecule has 6 nitrogen and oxygen atoms in total. The van der Waals surface area contributed by atoms with Crippen molar-refractivity contribution in [3.8, 4) is 0 Å². The third kappa shape index (κ3) is 4.74. The van der Waals surface area contributed by atoms with Crippen LogP contribution in [0.1, 0.15) is 39.8 Å². The number of aliphatic hydroxyl groups is 1. The molecule has 31 heavy (non-hydrogen) atoms. The number of hydrogen-bond donors (Lipinski definition) is 2. The number of aromatic nitrogens is 1. The smallest absolute Gasteiger partial charge is 0.252 e. The van der Waals surface area contributed by atoms with E-state index in [0.717, 1.165) is 27.6 Å². The van der Waals surface area contributed by atoms with Gasteiger partial charge in [-0.1, -0.05) is 17.7 Å². The molecule has 0 aliphatic heterocycles. The fourth-order valence-electron chi connectivity index (χ4n) is 4.06. The minimum atomic E-state index is -3.87. The van der Waals surface area contributed by atoms with Crippen LogP contribution in [0.3, 0.4) is 0 Å². The fourth-order valence-corrected chi connectivity index (χ4v) is 5.93. The van der Waals surface area contributed by atoms with Gasteiger partial charge in [0.05, 0.1) is 4.90 Å². The van der Waals surface area contributed by atoms with Gasteiger partial charge in [-0.2, -0.15) is 4.31 Å². The van der Waals surface area contributed by atoms with Crippen molar-refractivity contribution in [2.24, 2.45) is 0 Å². The highest BCUT2D eigenvalue weighted by molar-refractivity contribution is 7.89. The first-order valence-corrected chi connectivity index (χ1v) is 11.8. The zero-order chi connectivity index (χ0) is 22.9. The van der Waals surface area contributed by atoms with Gasteiger partial charge in [-0.05, 0) is 86.9 Å². The molecule has 0 unspecified atom stereocenters. The number of rotatable bonds is 7. The summed E-state index contributed by atoms with van der Waals surface area (Å²) >= 11 is 0. The number of H-pyrrole nitrogens is 1. The predicted molar refractivity (Wildman–Crippen MR) is 124 cm³/mol. The minimum absolute atomic E-state index is 0.0622. The van der Waals surface area contributed by atoms with Crippen molar-refractivity contribution >= 4 is 20.9 Å². The van der Waals surface area contributed by atoms with Gasteiger partial charge in [-0.15, -0.1) is 0 Å². The molecule has 3 rings (SSSR count). The van der Waals surface area contributed by atoms with Crippen LogP contribution in [0.25, 0.3) is 10.9 Å². The zero-order valence-corrected chi connectivity index (χ0v) is 19.6. The number of pyridine rings is 1. The first-order chi connectivity index (χ1) is 14.5. The van der Waals surface area contributed by atoms with Crippen LogP contribution in [0.5, 0.6) is 0 Å². The van der Waals surface area contributed by atoms with E-state index in [1.165, 1.54) is 4.31 Å². The molecule has 2 aromatic carbocycles. The van der Waals surface area contributed by atoms with Gasteiger partial charge in [-0.3, -0.25) is 4.79 Å². The Labute approximate surface area is 183 Å². The molecule has 0 spiro atoms. The van der Waals surface area contributed by atoms with E-state index in [1.807, 2.05) is 45.0 Å². The lowest BCUT2D eigenvalue weighted by Crippen LogP contribution is -2.35. The predicted octanol–water partition coefficient (Wildman–Crippen LogP) is 3.64. The molecule has 3 aromatic rings. The van der Waals surface area contributed by atoms with Gasteiger partial charge in [0.15, 0.2) is 0 Å². The molecule has 0 saturated carbocycles. The largest absolute Gasteiger partial charge is 0.396 e. The molecule has 0 radical (unpaired) electrons. The third-order valence-electron chi connectivity index (χ3n) is 5.65. The van der Waals surface area contributed by atoms with Crippen molar-refractivity contribution < 1.29 is 13.5 Å². The normalized spacial score (nSPS) is 12.1. The summed E-state index contributed by atoms with van der Waals surface area (Å²) < 4.78 is 28.5. The number of nitrogens with one attached hydrogen (secondary N) is 1. The van der Waals surface area contributed by atoms with Crippen LogP contribution >= 0.6 is 0 Å². The number of benzene rings is 2. The monoisotopic (exact) mass is 442 g/mol. The Kier molecular flexibility index (Phi) is 6.69.